The van der Waals surface area contributed by atoms with E-state index in [1.807, 2.05) is 31.2 Å². The lowest BCUT2D eigenvalue weighted by Crippen LogP contribution is -2.23. The van der Waals surface area contributed by atoms with Crippen LogP contribution in [0.25, 0.3) is 33.6 Å². The first kappa shape index (κ1) is 20.1. The lowest BCUT2D eigenvalue weighted by atomic mass is 10.1. The van der Waals surface area contributed by atoms with Crippen LogP contribution in [0.4, 0.5) is 0 Å². The molecule has 3 aromatic heterocycles. The summed E-state index contributed by atoms with van der Waals surface area (Å²) in [6.45, 7) is 1.96. The molecule has 3 heterocycles. The lowest BCUT2D eigenvalue weighted by molar-refractivity contribution is 0.324. The molecular formula is C23H19N3O5S. The van der Waals surface area contributed by atoms with Gasteiger partial charge in [0.15, 0.2) is 17.3 Å². The molecule has 0 spiro atoms. The van der Waals surface area contributed by atoms with Crippen LogP contribution in [0.2, 0.25) is 0 Å². The molecule has 2 aromatic carbocycles. The molecular weight excluding hydrogens is 430 g/mol. The molecule has 9 heteroatoms. The Labute approximate surface area is 186 Å². The molecule has 32 heavy (non-hydrogen) atoms. The number of aromatic nitrogens is 3. The SMILES string of the molecule is COc1cc(C=c2sc3nc(-c4oc5ccccc5c4C)nn3c2=O)cc(OC)c1OC. The molecule has 0 saturated heterocycles. The first-order valence-electron chi connectivity index (χ1n) is 9.74. The number of para-hydroxylation sites is 1. The van der Waals surface area contributed by atoms with Gasteiger partial charge in [0.25, 0.3) is 5.56 Å². The highest BCUT2D eigenvalue weighted by atomic mass is 32.1. The van der Waals surface area contributed by atoms with Crippen molar-refractivity contribution in [2.45, 2.75) is 6.92 Å². The van der Waals surface area contributed by atoms with Crippen molar-refractivity contribution in [3.05, 3.63) is 62.4 Å². The van der Waals surface area contributed by atoms with E-state index in [0.29, 0.717) is 38.3 Å². The largest absolute Gasteiger partial charge is 0.493 e. The maximum Gasteiger partial charge on any atom is 0.291 e. The van der Waals surface area contributed by atoms with Gasteiger partial charge in [0.2, 0.25) is 16.5 Å². The first-order chi connectivity index (χ1) is 15.5. The zero-order valence-electron chi connectivity index (χ0n) is 17.8. The minimum absolute atomic E-state index is 0.258. The van der Waals surface area contributed by atoms with Crippen molar-refractivity contribution in [2.75, 3.05) is 21.3 Å². The third kappa shape index (κ3) is 3.09. The highest BCUT2D eigenvalue weighted by Gasteiger charge is 2.19. The van der Waals surface area contributed by atoms with Crippen molar-refractivity contribution in [3.63, 3.8) is 0 Å². The monoisotopic (exact) mass is 449 g/mol. The van der Waals surface area contributed by atoms with Gasteiger partial charge in [0, 0.05) is 10.9 Å². The second kappa shape index (κ2) is 7.69. The third-order valence-electron chi connectivity index (χ3n) is 5.21. The van der Waals surface area contributed by atoms with Crippen LogP contribution in [0, 0.1) is 6.92 Å². The van der Waals surface area contributed by atoms with Crippen LogP contribution in [-0.2, 0) is 0 Å². The molecule has 162 valence electrons. The number of methoxy groups -OCH3 is 3. The van der Waals surface area contributed by atoms with Gasteiger partial charge in [-0.2, -0.15) is 9.50 Å². The zero-order chi connectivity index (χ0) is 22.4. The van der Waals surface area contributed by atoms with Gasteiger partial charge in [0.1, 0.15) is 5.58 Å². The molecule has 0 saturated carbocycles. The van der Waals surface area contributed by atoms with Crippen molar-refractivity contribution in [1.29, 1.82) is 0 Å². The Morgan fingerprint density at radius 3 is 2.41 bits per heavy atom. The molecule has 0 radical (unpaired) electrons. The quantitative estimate of drug-likeness (QED) is 0.406. The van der Waals surface area contributed by atoms with Crippen LogP contribution < -0.4 is 24.3 Å². The highest BCUT2D eigenvalue weighted by Crippen LogP contribution is 2.38. The zero-order valence-corrected chi connectivity index (χ0v) is 18.6. The topological polar surface area (TPSA) is 88.1 Å². The molecule has 0 amide bonds. The molecule has 0 aliphatic heterocycles. The Balaban J connectivity index is 1.61. The Morgan fingerprint density at radius 1 is 1.06 bits per heavy atom. The summed E-state index contributed by atoms with van der Waals surface area (Å²) >= 11 is 1.25. The summed E-state index contributed by atoms with van der Waals surface area (Å²) in [5.41, 5.74) is 2.17. The number of furan rings is 1. The molecule has 0 N–H and O–H groups in total. The summed E-state index contributed by atoms with van der Waals surface area (Å²) < 4.78 is 23.9. The Hall–Kier alpha value is -3.85. The smallest absolute Gasteiger partial charge is 0.291 e. The summed E-state index contributed by atoms with van der Waals surface area (Å²) in [4.78, 5) is 18.0. The molecule has 8 nitrogen and oxygen atoms in total. The van der Waals surface area contributed by atoms with Crippen molar-refractivity contribution < 1.29 is 18.6 Å². The first-order valence-corrected chi connectivity index (χ1v) is 10.6. The number of aryl methyl sites for hydroxylation is 1. The molecule has 0 atom stereocenters. The predicted octanol–water partition coefficient (Wildman–Crippen LogP) is 3.45. The van der Waals surface area contributed by atoms with Crippen LogP contribution in [0.15, 0.2) is 45.6 Å². The summed E-state index contributed by atoms with van der Waals surface area (Å²) in [6, 6.07) is 11.3. The van der Waals surface area contributed by atoms with E-state index >= 15 is 0 Å². The van der Waals surface area contributed by atoms with Crippen LogP contribution >= 0.6 is 11.3 Å². The van der Waals surface area contributed by atoms with E-state index in [9.17, 15) is 4.79 Å². The molecule has 0 aliphatic rings. The Morgan fingerprint density at radius 2 is 1.78 bits per heavy atom. The van der Waals surface area contributed by atoms with Gasteiger partial charge < -0.3 is 18.6 Å². The third-order valence-corrected chi connectivity index (χ3v) is 6.17. The fourth-order valence-corrected chi connectivity index (χ4v) is 4.56. The number of ether oxygens (including phenoxy) is 3. The van der Waals surface area contributed by atoms with Gasteiger partial charge in [-0.3, -0.25) is 4.79 Å². The maximum atomic E-state index is 13.0. The second-order valence-electron chi connectivity index (χ2n) is 7.06. The van der Waals surface area contributed by atoms with Crippen molar-refractivity contribution in [3.8, 4) is 28.8 Å². The van der Waals surface area contributed by atoms with Crippen LogP contribution in [0.1, 0.15) is 11.1 Å². The molecule has 0 bridgehead atoms. The molecule has 0 aliphatic carbocycles. The van der Waals surface area contributed by atoms with E-state index in [4.69, 9.17) is 18.6 Å². The fraction of sp³-hybridized carbons (Fsp3) is 0.174. The minimum Gasteiger partial charge on any atom is -0.493 e. The van der Waals surface area contributed by atoms with Gasteiger partial charge in [0.05, 0.1) is 25.9 Å². The van der Waals surface area contributed by atoms with Crippen LogP contribution in [0.3, 0.4) is 0 Å². The molecule has 5 aromatic rings. The molecule has 0 unspecified atom stereocenters. The molecule has 5 rings (SSSR count). The summed E-state index contributed by atoms with van der Waals surface area (Å²) in [5, 5.41) is 5.42. The van der Waals surface area contributed by atoms with Gasteiger partial charge in [-0.1, -0.05) is 29.5 Å². The van der Waals surface area contributed by atoms with E-state index in [0.717, 1.165) is 22.1 Å². The van der Waals surface area contributed by atoms with Crippen molar-refractivity contribution >= 4 is 33.3 Å². The molecule has 0 fully saturated rings. The normalized spacial score (nSPS) is 12.1. The number of rotatable bonds is 5. The fourth-order valence-electron chi connectivity index (χ4n) is 3.65. The number of benzene rings is 2. The van der Waals surface area contributed by atoms with Gasteiger partial charge >= 0.3 is 0 Å². The minimum atomic E-state index is -0.258. The van der Waals surface area contributed by atoms with Crippen molar-refractivity contribution in [1.82, 2.24) is 14.6 Å². The van der Waals surface area contributed by atoms with Crippen LogP contribution in [-0.4, -0.2) is 35.9 Å². The van der Waals surface area contributed by atoms with E-state index in [1.54, 1.807) is 39.5 Å². The number of hydrogen-bond acceptors (Lipinski definition) is 8. The standard InChI is InChI=1S/C23H19N3O5S/c1-12-14-7-5-6-8-15(14)31-19(12)21-24-23-26(25-21)22(27)18(32-23)11-13-9-16(28-2)20(30-4)17(10-13)29-3/h5-11H,1-4H3. The van der Waals surface area contributed by atoms with Crippen LogP contribution in [0.5, 0.6) is 17.2 Å². The highest BCUT2D eigenvalue weighted by molar-refractivity contribution is 7.15. The number of fused-ring (bicyclic) bond motifs is 2. The maximum absolute atomic E-state index is 13.0. The second-order valence-corrected chi connectivity index (χ2v) is 8.07. The number of nitrogens with zero attached hydrogens (tertiary/aromatic N) is 3. The Bertz CT molecular complexity index is 1560. The average molecular weight is 449 g/mol. The van der Waals surface area contributed by atoms with Crippen molar-refractivity contribution in [2.24, 2.45) is 0 Å². The van der Waals surface area contributed by atoms with E-state index in [-0.39, 0.29) is 5.56 Å². The van der Waals surface area contributed by atoms with E-state index in [1.165, 1.54) is 15.9 Å². The summed E-state index contributed by atoms with van der Waals surface area (Å²) in [6.07, 6.45) is 1.75. The number of hydrogen-bond donors (Lipinski definition) is 0. The Kier molecular flexibility index (Phi) is 4.82. The summed E-state index contributed by atoms with van der Waals surface area (Å²) in [7, 11) is 4.64. The van der Waals surface area contributed by atoms with E-state index in [2.05, 4.69) is 10.1 Å². The van der Waals surface area contributed by atoms with Gasteiger partial charge in [-0.15, -0.1) is 5.10 Å². The van der Waals surface area contributed by atoms with E-state index < -0.39 is 0 Å². The van der Waals surface area contributed by atoms with Gasteiger partial charge in [-0.25, -0.2) is 0 Å². The predicted molar refractivity (Wildman–Crippen MR) is 122 cm³/mol. The average Bonchev–Trinajstić information content (AvgIpc) is 3.46. The lowest BCUT2D eigenvalue weighted by Gasteiger charge is -2.12. The number of thiazole rings is 1. The summed E-state index contributed by atoms with van der Waals surface area (Å²) in [5.74, 6) is 2.46. The van der Waals surface area contributed by atoms with Gasteiger partial charge in [-0.05, 0) is 36.8 Å².